The number of pyridine rings is 1. The van der Waals surface area contributed by atoms with Gasteiger partial charge in [-0.3, -0.25) is 4.98 Å². The van der Waals surface area contributed by atoms with E-state index in [-0.39, 0.29) is 12.6 Å². The first-order valence-electron chi connectivity index (χ1n) is 7.01. The van der Waals surface area contributed by atoms with Crippen molar-refractivity contribution in [2.75, 3.05) is 0 Å². The fourth-order valence-corrected chi connectivity index (χ4v) is 3.04. The second kappa shape index (κ2) is 6.35. The molecule has 0 aliphatic rings. The molecule has 0 aliphatic carbocycles. The van der Waals surface area contributed by atoms with E-state index in [0.717, 1.165) is 17.6 Å². The summed E-state index contributed by atoms with van der Waals surface area (Å²) in [5.41, 5.74) is 4.43. The average molecular weight is 298 g/mol. The first kappa shape index (κ1) is 14.2. The van der Waals surface area contributed by atoms with Crippen LogP contribution in [0, 0.1) is 0 Å². The summed E-state index contributed by atoms with van der Waals surface area (Å²) in [4.78, 5) is 4.48. The normalized spacial score (nSPS) is 12.7. The fourth-order valence-electron chi connectivity index (χ4n) is 2.25. The molecular weight excluding hydrogens is 280 g/mol. The van der Waals surface area contributed by atoms with Crippen LogP contribution in [0.3, 0.4) is 0 Å². The Morgan fingerprint density at radius 3 is 2.71 bits per heavy atom. The molecule has 0 amide bonds. The van der Waals surface area contributed by atoms with Gasteiger partial charge in [0.2, 0.25) is 0 Å². The molecule has 0 bridgehead atoms. The highest BCUT2D eigenvalue weighted by Crippen LogP contribution is 2.22. The quantitative estimate of drug-likeness (QED) is 0.756. The monoisotopic (exact) mass is 298 g/mol. The van der Waals surface area contributed by atoms with E-state index >= 15 is 0 Å². The minimum Gasteiger partial charge on any atom is -0.392 e. The van der Waals surface area contributed by atoms with Crippen LogP contribution in [0.5, 0.6) is 0 Å². The lowest BCUT2D eigenvalue weighted by Gasteiger charge is -2.14. The molecule has 0 spiro atoms. The van der Waals surface area contributed by atoms with Crippen LogP contribution in [0.25, 0.3) is 10.2 Å². The number of rotatable bonds is 5. The zero-order chi connectivity index (χ0) is 14.7. The van der Waals surface area contributed by atoms with Crippen molar-refractivity contribution in [2.45, 2.75) is 26.1 Å². The Bertz CT molecular complexity index is 721. The topological polar surface area (TPSA) is 45.1 Å². The summed E-state index contributed by atoms with van der Waals surface area (Å²) in [5, 5.41) is 14.6. The van der Waals surface area contributed by atoms with Crippen LogP contribution in [0.2, 0.25) is 0 Å². The Morgan fingerprint density at radius 2 is 1.95 bits per heavy atom. The first-order valence-corrected chi connectivity index (χ1v) is 7.89. The number of aromatic nitrogens is 1. The van der Waals surface area contributed by atoms with Crippen LogP contribution in [-0.4, -0.2) is 10.1 Å². The van der Waals surface area contributed by atoms with Crippen LogP contribution < -0.4 is 5.32 Å². The molecule has 4 heteroatoms. The number of nitrogens with zero attached hydrogens (tertiary/aromatic N) is 1. The zero-order valence-corrected chi connectivity index (χ0v) is 12.7. The van der Waals surface area contributed by atoms with Gasteiger partial charge in [-0.05, 0) is 41.1 Å². The molecule has 0 radical (unpaired) electrons. The summed E-state index contributed by atoms with van der Waals surface area (Å²) in [6.07, 6.45) is 1.95. The number of hydrogen-bond acceptors (Lipinski definition) is 4. The number of benzene rings is 1. The lowest BCUT2D eigenvalue weighted by molar-refractivity contribution is 0.282. The van der Waals surface area contributed by atoms with Gasteiger partial charge in [-0.25, -0.2) is 0 Å². The Morgan fingerprint density at radius 1 is 1.19 bits per heavy atom. The summed E-state index contributed by atoms with van der Waals surface area (Å²) in [5.74, 6) is 0. The molecular formula is C17H18N2OS. The molecule has 0 aliphatic heterocycles. The largest absolute Gasteiger partial charge is 0.392 e. The van der Waals surface area contributed by atoms with Crippen LogP contribution >= 0.6 is 11.3 Å². The molecule has 2 N–H and O–H groups in total. The molecule has 2 aromatic heterocycles. The third-order valence-electron chi connectivity index (χ3n) is 3.64. The highest BCUT2D eigenvalue weighted by molar-refractivity contribution is 7.17. The third kappa shape index (κ3) is 3.29. The maximum Gasteiger partial charge on any atom is 0.0809 e. The molecule has 3 rings (SSSR count). The van der Waals surface area contributed by atoms with Gasteiger partial charge >= 0.3 is 0 Å². The van der Waals surface area contributed by atoms with Crippen LogP contribution in [0.1, 0.15) is 29.7 Å². The minimum absolute atomic E-state index is 0.0939. The van der Waals surface area contributed by atoms with Gasteiger partial charge in [-0.1, -0.05) is 24.3 Å². The molecule has 0 fully saturated rings. The highest BCUT2D eigenvalue weighted by atomic mass is 32.1. The Balaban J connectivity index is 1.66. The predicted molar refractivity (Wildman–Crippen MR) is 87.2 cm³/mol. The Kier molecular flexibility index (Phi) is 4.29. The van der Waals surface area contributed by atoms with E-state index in [9.17, 15) is 0 Å². The molecule has 0 saturated heterocycles. The molecule has 0 saturated carbocycles. The predicted octanol–water partition coefficient (Wildman–Crippen LogP) is 3.64. The minimum atomic E-state index is 0.0939. The van der Waals surface area contributed by atoms with Crippen molar-refractivity contribution < 1.29 is 5.11 Å². The number of hydrogen-bond donors (Lipinski definition) is 2. The van der Waals surface area contributed by atoms with Gasteiger partial charge in [-0.15, -0.1) is 11.3 Å². The van der Waals surface area contributed by atoms with Crippen molar-refractivity contribution in [1.29, 1.82) is 0 Å². The summed E-state index contributed by atoms with van der Waals surface area (Å²) in [6, 6.07) is 12.5. The molecule has 3 nitrogen and oxygen atoms in total. The Labute approximate surface area is 128 Å². The SMILES string of the molecule is CC(NCc1ccc(CO)cc1)c1cnc2ccsc2c1. The number of aliphatic hydroxyl groups is 1. The Hall–Kier alpha value is -1.75. The second-order valence-corrected chi connectivity index (χ2v) is 6.10. The zero-order valence-electron chi connectivity index (χ0n) is 11.9. The van der Waals surface area contributed by atoms with E-state index < -0.39 is 0 Å². The third-order valence-corrected chi connectivity index (χ3v) is 4.49. The van der Waals surface area contributed by atoms with Gasteiger partial charge in [0, 0.05) is 18.8 Å². The summed E-state index contributed by atoms with van der Waals surface area (Å²) >= 11 is 1.72. The number of aliphatic hydroxyl groups excluding tert-OH is 1. The maximum absolute atomic E-state index is 9.04. The molecule has 1 unspecified atom stereocenters. The smallest absolute Gasteiger partial charge is 0.0809 e. The van der Waals surface area contributed by atoms with E-state index in [0.29, 0.717) is 0 Å². The van der Waals surface area contributed by atoms with Crippen molar-refractivity contribution >= 4 is 21.6 Å². The van der Waals surface area contributed by atoms with E-state index in [4.69, 9.17) is 5.11 Å². The van der Waals surface area contributed by atoms with Crippen LogP contribution in [-0.2, 0) is 13.2 Å². The number of nitrogens with one attached hydrogen (secondary N) is 1. The molecule has 3 aromatic rings. The highest BCUT2D eigenvalue weighted by Gasteiger charge is 2.07. The van der Waals surface area contributed by atoms with E-state index in [1.54, 1.807) is 11.3 Å². The average Bonchev–Trinajstić information content (AvgIpc) is 3.00. The molecule has 21 heavy (non-hydrogen) atoms. The molecule has 1 aromatic carbocycles. The summed E-state index contributed by atoms with van der Waals surface area (Å²) in [7, 11) is 0. The second-order valence-electron chi connectivity index (χ2n) is 5.15. The van der Waals surface area contributed by atoms with Crippen molar-refractivity contribution in [1.82, 2.24) is 10.3 Å². The van der Waals surface area contributed by atoms with Gasteiger partial charge in [-0.2, -0.15) is 0 Å². The van der Waals surface area contributed by atoms with Gasteiger partial charge < -0.3 is 10.4 Å². The molecule has 108 valence electrons. The molecule has 2 heterocycles. The molecule has 1 atom stereocenters. The van der Waals surface area contributed by atoms with Gasteiger partial charge in [0.15, 0.2) is 0 Å². The van der Waals surface area contributed by atoms with Crippen LogP contribution in [0.15, 0.2) is 48.0 Å². The van der Waals surface area contributed by atoms with E-state index in [1.807, 2.05) is 36.5 Å². The van der Waals surface area contributed by atoms with Gasteiger partial charge in [0.05, 0.1) is 16.8 Å². The lowest BCUT2D eigenvalue weighted by atomic mass is 10.1. The summed E-state index contributed by atoms with van der Waals surface area (Å²) < 4.78 is 1.23. The van der Waals surface area contributed by atoms with Crippen LogP contribution in [0.4, 0.5) is 0 Å². The van der Waals surface area contributed by atoms with Gasteiger partial charge in [0.1, 0.15) is 0 Å². The van der Waals surface area contributed by atoms with Gasteiger partial charge in [0.25, 0.3) is 0 Å². The lowest BCUT2D eigenvalue weighted by Crippen LogP contribution is -2.18. The number of fused-ring (bicyclic) bond motifs is 1. The maximum atomic E-state index is 9.04. The van der Waals surface area contributed by atoms with E-state index in [2.05, 4.69) is 28.7 Å². The van der Waals surface area contributed by atoms with Crippen molar-refractivity contribution in [2.24, 2.45) is 0 Å². The standard InChI is InChI=1S/C17H18N2OS/c1-12(15-8-17-16(19-10-15)6-7-21-17)18-9-13-2-4-14(11-20)5-3-13/h2-8,10,12,18,20H,9,11H2,1H3. The number of thiophene rings is 1. The van der Waals surface area contributed by atoms with Crippen molar-refractivity contribution in [3.8, 4) is 0 Å². The first-order chi connectivity index (χ1) is 10.3. The van der Waals surface area contributed by atoms with E-state index in [1.165, 1.54) is 15.8 Å². The van der Waals surface area contributed by atoms with Crippen molar-refractivity contribution in [3.05, 3.63) is 64.7 Å². The van der Waals surface area contributed by atoms with Crippen molar-refractivity contribution in [3.63, 3.8) is 0 Å². The fraction of sp³-hybridized carbons (Fsp3) is 0.235. The summed E-state index contributed by atoms with van der Waals surface area (Å²) in [6.45, 7) is 3.05.